The second-order valence-corrected chi connectivity index (χ2v) is 6.86. The van der Waals surface area contributed by atoms with Crippen molar-refractivity contribution in [1.82, 2.24) is 9.80 Å². The number of rotatable bonds is 3. The first-order valence-electron chi connectivity index (χ1n) is 7.42. The summed E-state index contributed by atoms with van der Waals surface area (Å²) in [4.78, 5) is 16.9. The van der Waals surface area contributed by atoms with Gasteiger partial charge in [-0.1, -0.05) is 6.08 Å². The minimum atomic E-state index is 0.303. The van der Waals surface area contributed by atoms with Crippen molar-refractivity contribution in [2.75, 3.05) is 45.9 Å². The Morgan fingerprint density at radius 2 is 2.05 bits per heavy atom. The Labute approximate surface area is 114 Å². The zero-order valence-electron chi connectivity index (χ0n) is 11.4. The van der Waals surface area contributed by atoms with Gasteiger partial charge in [0, 0.05) is 37.5 Å². The van der Waals surface area contributed by atoms with Gasteiger partial charge in [0.05, 0.1) is 13.2 Å². The van der Waals surface area contributed by atoms with E-state index in [1.165, 1.54) is 6.42 Å². The summed E-state index contributed by atoms with van der Waals surface area (Å²) in [5.41, 5.74) is 0.402. The molecule has 4 nitrogen and oxygen atoms in total. The molecule has 0 bridgehead atoms. The molecular formula is C15H22N2O2. The van der Waals surface area contributed by atoms with Crippen molar-refractivity contribution < 1.29 is 9.53 Å². The van der Waals surface area contributed by atoms with Gasteiger partial charge >= 0.3 is 0 Å². The smallest absolute Gasteiger partial charge is 0.226 e. The van der Waals surface area contributed by atoms with E-state index in [0.717, 1.165) is 45.9 Å². The zero-order chi connectivity index (χ0) is 13.0. The second kappa shape index (κ2) is 4.06. The van der Waals surface area contributed by atoms with E-state index < -0.39 is 0 Å². The third-order valence-electron chi connectivity index (χ3n) is 5.51. The molecule has 3 heterocycles. The number of nitrogens with zero attached hydrogens (tertiary/aromatic N) is 2. The van der Waals surface area contributed by atoms with Crippen molar-refractivity contribution in [3.63, 3.8) is 0 Å². The molecule has 3 saturated heterocycles. The first kappa shape index (κ1) is 11.9. The summed E-state index contributed by atoms with van der Waals surface area (Å²) in [6.45, 7) is 10.7. The molecule has 104 valence electrons. The number of carbonyl (C=O) groups excluding carboxylic acids is 1. The summed E-state index contributed by atoms with van der Waals surface area (Å²) in [5, 5.41) is 0. The molecule has 1 spiro atoms. The third-order valence-corrected chi connectivity index (χ3v) is 5.51. The SMILES string of the molecule is C=CCN1CCC2(C1)CN(C(=O)C1[C@H]3COC[C@@H]13)C2. The third kappa shape index (κ3) is 1.77. The van der Waals surface area contributed by atoms with Gasteiger partial charge in [-0.25, -0.2) is 0 Å². The summed E-state index contributed by atoms with van der Waals surface area (Å²) < 4.78 is 5.37. The lowest BCUT2D eigenvalue weighted by atomic mass is 9.78. The monoisotopic (exact) mass is 262 g/mol. The Morgan fingerprint density at radius 1 is 1.32 bits per heavy atom. The average molecular weight is 262 g/mol. The van der Waals surface area contributed by atoms with Crippen LogP contribution < -0.4 is 0 Å². The minimum Gasteiger partial charge on any atom is -0.381 e. The van der Waals surface area contributed by atoms with Gasteiger partial charge in [0.25, 0.3) is 0 Å². The van der Waals surface area contributed by atoms with E-state index in [1.807, 2.05) is 6.08 Å². The van der Waals surface area contributed by atoms with Gasteiger partial charge in [-0.15, -0.1) is 6.58 Å². The van der Waals surface area contributed by atoms with E-state index in [4.69, 9.17) is 4.74 Å². The fourth-order valence-corrected chi connectivity index (χ4v) is 4.36. The van der Waals surface area contributed by atoms with Crippen LogP contribution in [0.4, 0.5) is 0 Å². The minimum absolute atomic E-state index is 0.303. The van der Waals surface area contributed by atoms with E-state index >= 15 is 0 Å². The quantitative estimate of drug-likeness (QED) is 0.698. The van der Waals surface area contributed by atoms with Crippen LogP contribution in [0.5, 0.6) is 0 Å². The van der Waals surface area contributed by atoms with Crippen LogP contribution in [0.1, 0.15) is 6.42 Å². The maximum Gasteiger partial charge on any atom is 0.226 e. The molecule has 0 aromatic carbocycles. The predicted molar refractivity (Wildman–Crippen MR) is 71.6 cm³/mol. The predicted octanol–water partition coefficient (Wildman–Crippen LogP) is 0.599. The van der Waals surface area contributed by atoms with Crippen molar-refractivity contribution in [3.8, 4) is 0 Å². The number of fused-ring (bicyclic) bond motifs is 1. The zero-order valence-corrected chi connectivity index (χ0v) is 11.4. The topological polar surface area (TPSA) is 32.8 Å². The molecule has 3 aliphatic heterocycles. The van der Waals surface area contributed by atoms with Gasteiger partial charge in [-0.3, -0.25) is 9.69 Å². The second-order valence-electron chi connectivity index (χ2n) is 6.86. The Morgan fingerprint density at radius 3 is 2.74 bits per heavy atom. The van der Waals surface area contributed by atoms with Crippen LogP contribution in [0.25, 0.3) is 0 Å². The van der Waals surface area contributed by atoms with Crippen LogP contribution in [-0.4, -0.2) is 61.6 Å². The van der Waals surface area contributed by atoms with Gasteiger partial charge in [0.15, 0.2) is 0 Å². The number of amides is 1. The highest BCUT2D eigenvalue weighted by atomic mass is 16.5. The molecular weight excluding hydrogens is 240 g/mol. The number of hydrogen-bond acceptors (Lipinski definition) is 3. The molecule has 0 N–H and O–H groups in total. The van der Waals surface area contributed by atoms with Crippen LogP contribution in [0.2, 0.25) is 0 Å². The lowest BCUT2D eigenvalue weighted by molar-refractivity contribution is -0.145. The molecule has 4 heteroatoms. The standard InChI is InChI=1S/C15H22N2O2/c1-2-4-16-5-3-15(8-16)9-17(10-15)14(18)13-11-6-19-7-12(11)13/h2,11-13H,1,3-10H2/t11-,12+,13?. The fourth-order valence-electron chi connectivity index (χ4n) is 4.36. The average Bonchev–Trinajstić information content (AvgIpc) is 2.77. The number of ether oxygens (including phenoxy) is 1. The van der Waals surface area contributed by atoms with Crippen LogP contribution in [0.15, 0.2) is 12.7 Å². The summed E-state index contributed by atoms with van der Waals surface area (Å²) >= 11 is 0. The Kier molecular flexibility index (Phi) is 2.55. The lowest BCUT2D eigenvalue weighted by Gasteiger charge is -2.48. The van der Waals surface area contributed by atoms with Gasteiger partial charge in [-0.2, -0.15) is 0 Å². The first-order chi connectivity index (χ1) is 9.22. The van der Waals surface area contributed by atoms with Crippen LogP contribution >= 0.6 is 0 Å². The maximum atomic E-state index is 12.4. The molecule has 4 fully saturated rings. The first-order valence-corrected chi connectivity index (χ1v) is 7.42. The fraction of sp³-hybridized carbons (Fsp3) is 0.800. The summed E-state index contributed by atoms with van der Waals surface area (Å²) in [7, 11) is 0. The molecule has 4 aliphatic rings. The Bertz CT molecular complexity index is 406. The molecule has 19 heavy (non-hydrogen) atoms. The van der Waals surface area contributed by atoms with Crippen molar-refractivity contribution in [2.24, 2.45) is 23.2 Å². The van der Waals surface area contributed by atoms with E-state index in [9.17, 15) is 4.79 Å². The van der Waals surface area contributed by atoms with Gasteiger partial charge in [-0.05, 0) is 24.8 Å². The van der Waals surface area contributed by atoms with Crippen LogP contribution in [0, 0.1) is 23.2 Å². The van der Waals surface area contributed by atoms with Crippen molar-refractivity contribution >= 4 is 5.91 Å². The Hall–Kier alpha value is -0.870. The Balaban J connectivity index is 1.31. The highest BCUT2D eigenvalue weighted by Crippen LogP contribution is 2.53. The number of carbonyl (C=O) groups is 1. The molecule has 0 aromatic rings. The van der Waals surface area contributed by atoms with E-state index in [-0.39, 0.29) is 0 Å². The summed E-state index contributed by atoms with van der Waals surface area (Å²) in [6, 6.07) is 0. The normalized spacial score (nSPS) is 39.2. The largest absolute Gasteiger partial charge is 0.381 e. The molecule has 1 unspecified atom stereocenters. The van der Waals surface area contributed by atoms with Gasteiger partial charge in [0.1, 0.15) is 0 Å². The van der Waals surface area contributed by atoms with E-state index in [2.05, 4.69) is 16.4 Å². The van der Waals surface area contributed by atoms with Gasteiger partial charge < -0.3 is 9.64 Å². The molecule has 1 amide bonds. The summed E-state index contributed by atoms with van der Waals surface area (Å²) in [6.07, 6.45) is 3.22. The number of likely N-dealkylation sites (tertiary alicyclic amines) is 2. The van der Waals surface area contributed by atoms with Crippen LogP contribution in [-0.2, 0) is 9.53 Å². The van der Waals surface area contributed by atoms with Crippen molar-refractivity contribution in [2.45, 2.75) is 6.42 Å². The van der Waals surface area contributed by atoms with E-state index in [0.29, 0.717) is 29.1 Å². The molecule has 3 atom stereocenters. The maximum absolute atomic E-state index is 12.4. The number of hydrogen-bond donors (Lipinski definition) is 0. The summed E-state index contributed by atoms with van der Waals surface area (Å²) in [5.74, 6) is 1.80. The van der Waals surface area contributed by atoms with Crippen molar-refractivity contribution in [3.05, 3.63) is 12.7 Å². The highest BCUT2D eigenvalue weighted by Gasteiger charge is 2.61. The molecule has 1 saturated carbocycles. The van der Waals surface area contributed by atoms with Gasteiger partial charge in [0.2, 0.25) is 5.91 Å². The van der Waals surface area contributed by atoms with Crippen LogP contribution in [0.3, 0.4) is 0 Å². The molecule has 1 aliphatic carbocycles. The molecule has 0 radical (unpaired) electrons. The molecule has 4 rings (SSSR count). The highest BCUT2D eigenvalue weighted by molar-refractivity contribution is 5.83. The molecule has 0 aromatic heterocycles. The van der Waals surface area contributed by atoms with Crippen molar-refractivity contribution in [1.29, 1.82) is 0 Å². The lowest BCUT2D eigenvalue weighted by Crippen LogP contribution is -2.60. The van der Waals surface area contributed by atoms with E-state index in [1.54, 1.807) is 0 Å².